The quantitative estimate of drug-likeness (QED) is 0.697. The Morgan fingerprint density at radius 3 is 2.00 bits per heavy atom. The maximum absolute atomic E-state index is 9.48. The fourth-order valence-corrected chi connectivity index (χ4v) is 0. The molecule has 1 atom stereocenters. The van der Waals surface area contributed by atoms with Gasteiger partial charge in [0.1, 0.15) is 0 Å². The summed E-state index contributed by atoms with van der Waals surface area (Å²) in [6.07, 6.45) is 0. The van der Waals surface area contributed by atoms with E-state index in [1.807, 2.05) is 0 Å². The van der Waals surface area contributed by atoms with Crippen LogP contribution in [0.25, 0.3) is 0 Å². The molecule has 6 heavy (non-hydrogen) atoms. The maximum atomic E-state index is 9.48. The van der Waals surface area contributed by atoms with Crippen molar-refractivity contribution in [2.45, 2.75) is 6.92 Å². The Morgan fingerprint density at radius 1 is 1.83 bits per heavy atom. The molecular formula is C2H6O2SW. The van der Waals surface area contributed by atoms with E-state index >= 15 is 0 Å². The van der Waals surface area contributed by atoms with Crippen molar-refractivity contribution in [3.05, 3.63) is 0 Å². The van der Waals surface area contributed by atoms with Crippen LogP contribution in [-0.2, 0) is 32.1 Å². The molecule has 0 fully saturated rings. The Balaban J connectivity index is 0. The molecule has 0 spiro atoms. The molecule has 0 aliphatic heterocycles. The van der Waals surface area contributed by atoms with Gasteiger partial charge in [-0.2, -0.15) is 0 Å². The van der Waals surface area contributed by atoms with Crippen molar-refractivity contribution in [1.82, 2.24) is 0 Å². The molecule has 0 heterocycles. The predicted molar refractivity (Wildman–Crippen MR) is 21.3 cm³/mol. The molecule has 0 radical (unpaired) electrons. The summed E-state index contributed by atoms with van der Waals surface area (Å²) in [4.78, 5) is 0. The summed E-state index contributed by atoms with van der Waals surface area (Å²) in [6.45, 7) is 1.65. The minimum Gasteiger partial charge on any atom is -0.306 e. The van der Waals surface area contributed by atoms with E-state index in [0.29, 0.717) is 5.75 Å². The maximum Gasteiger partial charge on any atom is 0.152 e. The van der Waals surface area contributed by atoms with E-state index in [1.165, 1.54) is 0 Å². The Bertz CT molecular complexity index is 46.8. The van der Waals surface area contributed by atoms with Crippen molar-refractivity contribution >= 4 is 11.1 Å². The van der Waals surface area contributed by atoms with Gasteiger partial charge in [-0.1, -0.05) is 6.92 Å². The Hall–Kier alpha value is 0.798. The monoisotopic (exact) mass is 278 g/mol. The second kappa shape index (κ2) is 5.80. The molecule has 0 bridgehead atoms. The van der Waals surface area contributed by atoms with Gasteiger partial charge in [-0.25, -0.2) is 4.21 Å². The van der Waals surface area contributed by atoms with Crippen molar-refractivity contribution in [3.8, 4) is 0 Å². The third kappa shape index (κ3) is 8.84. The zero-order chi connectivity index (χ0) is 4.28. The first-order valence-electron chi connectivity index (χ1n) is 1.35. The van der Waals surface area contributed by atoms with Gasteiger partial charge in [-0.05, 0) is 0 Å². The van der Waals surface area contributed by atoms with Crippen LogP contribution in [0.1, 0.15) is 6.92 Å². The summed E-state index contributed by atoms with van der Waals surface area (Å²) in [6, 6.07) is 0. The van der Waals surface area contributed by atoms with Gasteiger partial charge in [0.05, 0.1) is 0 Å². The molecular weight excluding hydrogens is 272 g/mol. The summed E-state index contributed by atoms with van der Waals surface area (Å²) in [5.74, 6) is 0.333. The van der Waals surface area contributed by atoms with E-state index < -0.39 is 11.1 Å². The Kier molecular flexibility index (Phi) is 9.59. The van der Waals surface area contributed by atoms with Crippen molar-refractivity contribution < 1.29 is 29.8 Å². The van der Waals surface area contributed by atoms with Gasteiger partial charge in [-0.3, -0.25) is 0 Å². The SMILES string of the molecule is CCS(=O)O.[W]. The molecule has 2 nitrogen and oxygen atoms in total. The summed E-state index contributed by atoms with van der Waals surface area (Å²) in [7, 11) is 0. The summed E-state index contributed by atoms with van der Waals surface area (Å²) >= 11 is -1.57. The molecule has 0 saturated heterocycles. The van der Waals surface area contributed by atoms with E-state index in [9.17, 15) is 4.21 Å². The van der Waals surface area contributed by atoms with Crippen LogP contribution in [0.3, 0.4) is 0 Å². The van der Waals surface area contributed by atoms with Crippen molar-refractivity contribution in [3.63, 3.8) is 0 Å². The summed E-state index contributed by atoms with van der Waals surface area (Å²) < 4.78 is 17.3. The van der Waals surface area contributed by atoms with Crippen molar-refractivity contribution in [1.29, 1.82) is 0 Å². The van der Waals surface area contributed by atoms with Crippen LogP contribution in [0, 0.1) is 0 Å². The van der Waals surface area contributed by atoms with Crippen LogP contribution in [-0.4, -0.2) is 14.5 Å². The molecule has 0 saturated carbocycles. The summed E-state index contributed by atoms with van der Waals surface area (Å²) in [5, 5.41) is 0. The third-order valence-electron chi connectivity index (χ3n) is 0.247. The van der Waals surface area contributed by atoms with Crippen LogP contribution in [0.4, 0.5) is 0 Å². The first kappa shape index (κ1) is 9.93. The topological polar surface area (TPSA) is 37.3 Å². The van der Waals surface area contributed by atoms with Gasteiger partial charge in [0, 0.05) is 26.8 Å². The first-order chi connectivity index (χ1) is 2.27. The van der Waals surface area contributed by atoms with Gasteiger partial charge in [0.25, 0.3) is 0 Å². The normalized spacial score (nSPS) is 12.3. The molecule has 0 aromatic carbocycles. The molecule has 38 valence electrons. The zero-order valence-corrected chi connectivity index (χ0v) is 7.13. The number of rotatable bonds is 1. The Labute approximate surface area is 53.9 Å². The first-order valence-corrected chi connectivity index (χ1v) is 2.62. The molecule has 0 aliphatic carbocycles. The van der Waals surface area contributed by atoms with Crippen LogP contribution >= 0.6 is 0 Å². The van der Waals surface area contributed by atoms with E-state index in [-0.39, 0.29) is 21.1 Å². The average molecular weight is 278 g/mol. The van der Waals surface area contributed by atoms with Crippen LogP contribution in [0.2, 0.25) is 0 Å². The molecule has 0 aliphatic rings. The molecule has 0 amide bonds. The van der Waals surface area contributed by atoms with Crippen LogP contribution in [0.15, 0.2) is 0 Å². The smallest absolute Gasteiger partial charge is 0.152 e. The van der Waals surface area contributed by atoms with Crippen molar-refractivity contribution in [2.24, 2.45) is 0 Å². The summed E-state index contributed by atoms with van der Waals surface area (Å²) in [5.41, 5.74) is 0. The molecule has 1 unspecified atom stereocenters. The standard InChI is InChI=1S/C2H6O2S.W/c1-2-5(3)4;/h2H2,1H3,(H,3,4);. The van der Waals surface area contributed by atoms with Crippen molar-refractivity contribution in [2.75, 3.05) is 5.75 Å². The van der Waals surface area contributed by atoms with Crippen LogP contribution in [0.5, 0.6) is 0 Å². The third-order valence-corrected chi connectivity index (χ3v) is 0.741. The fraction of sp³-hybridized carbons (Fsp3) is 1.00. The second-order valence-corrected chi connectivity index (χ2v) is 1.83. The van der Waals surface area contributed by atoms with E-state index in [0.717, 1.165) is 0 Å². The van der Waals surface area contributed by atoms with E-state index in [2.05, 4.69) is 0 Å². The van der Waals surface area contributed by atoms with E-state index in [4.69, 9.17) is 4.55 Å². The van der Waals surface area contributed by atoms with Gasteiger partial charge in [0.15, 0.2) is 11.1 Å². The number of hydrogen-bond acceptors (Lipinski definition) is 1. The molecule has 0 rings (SSSR count). The van der Waals surface area contributed by atoms with Gasteiger partial charge in [0.2, 0.25) is 0 Å². The molecule has 0 aromatic heterocycles. The van der Waals surface area contributed by atoms with Gasteiger partial charge < -0.3 is 4.55 Å². The molecule has 1 N–H and O–H groups in total. The number of hydrogen-bond donors (Lipinski definition) is 1. The predicted octanol–water partition coefficient (Wildman–Crippen LogP) is 0.226. The van der Waals surface area contributed by atoms with Gasteiger partial charge >= 0.3 is 0 Å². The zero-order valence-electron chi connectivity index (χ0n) is 3.38. The molecule has 4 heteroatoms. The van der Waals surface area contributed by atoms with Crippen LogP contribution < -0.4 is 0 Å². The second-order valence-electron chi connectivity index (χ2n) is 0.610. The largest absolute Gasteiger partial charge is 0.306 e. The average Bonchev–Trinajstić information content (AvgIpc) is 1.38. The van der Waals surface area contributed by atoms with E-state index in [1.54, 1.807) is 6.92 Å². The Morgan fingerprint density at radius 2 is 2.00 bits per heavy atom. The molecule has 0 aromatic rings. The fourth-order valence-electron chi connectivity index (χ4n) is 0. The van der Waals surface area contributed by atoms with Gasteiger partial charge in [-0.15, -0.1) is 0 Å². The minimum atomic E-state index is -1.57. The minimum absolute atomic E-state index is 0.